The summed E-state index contributed by atoms with van der Waals surface area (Å²) in [5.41, 5.74) is 5.94. The van der Waals surface area contributed by atoms with E-state index in [1.54, 1.807) is 23.2 Å². The second-order valence-corrected chi connectivity index (χ2v) is 9.16. The molecule has 1 N–H and O–H groups in total. The lowest BCUT2D eigenvalue weighted by Gasteiger charge is -2.37. The first kappa shape index (κ1) is 22.3. The van der Waals surface area contributed by atoms with E-state index in [2.05, 4.69) is 42.3 Å². The molecule has 0 bridgehead atoms. The van der Waals surface area contributed by atoms with Crippen LogP contribution in [-0.2, 0) is 9.53 Å². The zero-order valence-electron chi connectivity index (χ0n) is 18.8. The first-order chi connectivity index (χ1) is 15.4. The number of thioether (sulfide) groups is 1. The number of piperazine rings is 1. The highest BCUT2D eigenvalue weighted by atomic mass is 32.2. The number of ether oxygens (including phenoxy) is 1. The fourth-order valence-corrected chi connectivity index (χ4v) is 4.60. The fourth-order valence-electron chi connectivity index (χ4n) is 3.97. The molecule has 0 aliphatic carbocycles. The summed E-state index contributed by atoms with van der Waals surface area (Å²) in [6.07, 6.45) is 0. The molecule has 4 rings (SSSR count). The van der Waals surface area contributed by atoms with Gasteiger partial charge in [0.05, 0.1) is 6.61 Å². The van der Waals surface area contributed by atoms with Crippen molar-refractivity contribution < 1.29 is 14.3 Å². The van der Waals surface area contributed by atoms with Gasteiger partial charge in [0.15, 0.2) is 5.76 Å². The molecule has 0 atom stereocenters. The Morgan fingerprint density at radius 3 is 2.50 bits per heavy atom. The van der Waals surface area contributed by atoms with Gasteiger partial charge in [0.25, 0.3) is 11.8 Å². The van der Waals surface area contributed by atoms with Gasteiger partial charge in [0, 0.05) is 54.3 Å². The van der Waals surface area contributed by atoms with Crippen molar-refractivity contribution in [3.05, 3.63) is 69.8 Å². The van der Waals surface area contributed by atoms with Crippen LogP contribution >= 0.6 is 11.8 Å². The van der Waals surface area contributed by atoms with Gasteiger partial charge in [-0.25, -0.2) is 0 Å². The molecule has 7 heteroatoms. The van der Waals surface area contributed by atoms with Crippen molar-refractivity contribution in [2.75, 3.05) is 48.8 Å². The highest BCUT2D eigenvalue weighted by Gasteiger charge is 2.24. The van der Waals surface area contributed by atoms with E-state index in [4.69, 9.17) is 4.74 Å². The third-order valence-corrected chi connectivity index (χ3v) is 6.87. The van der Waals surface area contributed by atoms with Crippen molar-refractivity contribution >= 4 is 35.0 Å². The van der Waals surface area contributed by atoms with E-state index in [-0.39, 0.29) is 11.8 Å². The van der Waals surface area contributed by atoms with Crippen molar-refractivity contribution in [1.29, 1.82) is 0 Å². The van der Waals surface area contributed by atoms with Crippen molar-refractivity contribution in [3.63, 3.8) is 0 Å². The van der Waals surface area contributed by atoms with Crippen LogP contribution in [-0.4, -0.2) is 55.3 Å². The summed E-state index contributed by atoms with van der Waals surface area (Å²) < 4.78 is 5.44. The Morgan fingerprint density at radius 1 is 1.00 bits per heavy atom. The molecule has 0 spiro atoms. The van der Waals surface area contributed by atoms with E-state index in [9.17, 15) is 9.59 Å². The maximum Gasteiger partial charge on any atom is 0.291 e. The molecule has 2 amide bonds. The number of hydrogen-bond donors (Lipinski definition) is 1. The Bertz CT molecular complexity index is 1060. The number of carbonyl (C=O) groups excluding carboxylic acids is 2. The number of nitrogens with zero attached hydrogens (tertiary/aromatic N) is 2. The van der Waals surface area contributed by atoms with Gasteiger partial charge in [-0.05, 0) is 55.7 Å². The van der Waals surface area contributed by atoms with Gasteiger partial charge in [0.2, 0.25) is 0 Å². The number of benzene rings is 2. The zero-order chi connectivity index (χ0) is 22.7. The highest BCUT2D eigenvalue weighted by Crippen LogP contribution is 2.25. The lowest BCUT2D eigenvalue weighted by atomic mass is 10.1. The van der Waals surface area contributed by atoms with Crippen LogP contribution in [0.5, 0.6) is 0 Å². The average Bonchev–Trinajstić information content (AvgIpc) is 2.82. The first-order valence-electron chi connectivity index (χ1n) is 10.9. The standard InChI is InChI=1S/C25H29N3O3S/c1-17-5-4-6-22(19(17)3)27-9-11-28(12-10-27)25(30)20-8-7-18(2)21(15-20)26-24(29)23-16-32-14-13-31-23/h4-8,15-16H,9-14H2,1-3H3,(H,26,29). The monoisotopic (exact) mass is 451 g/mol. The average molecular weight is 452 g/mol. The molecule has 1 saturated heterocycles. The van der Waals surface area contributed by atoms with Crippen LogP contribution < -0.4 is 10.2 Å². The summed E-state index contributed by atoms with van der Waals surface area (Å²) in [6, 6.07) is 11.8. The van der Waals surface area contributed by atoms with Crippen molar-refractivity contribution in [2.24, 2.45) is 0 Å². The Kier molecular flexibility index (Phi) is 6.74. The first-order valence-corrected chi connectivity index (χ1v) is 12.0. The molecule has 2 heterocycles. The predicted molar refractivity (Wildman–Crippen MR) is 130 cm³/mol. The summed E-state index contributed by atoms with van der Waals surface area (Å²) >= 11 is 1.56. The number of rotatable bonds is 4. The molecule has 2 aromatic rings. The lowest BCUT2D eigenvalue weighted by molar-refractivity contribution is -0.116. The van der Waals surface area contributed by atoms with E-state index in [0.717, 1.165) is 24.4 Å². The number of carbonyl (C=O) groups is 2. The van der Waals surface area contributed by atoms with E-state index in [1.165, 1.54) is 16.8 Å². The predicted octanol–water partition coefficient (Wildman–Crippen LogP) is 4.12. The van der Waals surface area contributed by atoms with Gasteiger partial charge >= 0.3 is 0 Å². The van der Waals surface area contributed by atoms with Crippen molar-refractivity contribution in [2.45, 2.75) is 20.8 Å². The molecule has 0 aromatic heterocycles. The number of hydrogen-bond acceptors (Lipinski definition) is 5. The smallest absolute Gasteiger partial charge is 0.291 e. The molecule has 0 saturated carbocycles. The minimum Gasteiger partial charge on any atom is -0.487 e. The van der Waals surface area contributed by atoms with Gasteiger partial charge < -0.3 is 19.9 Å². The third kappa shape index (κ3) is 4.78. The van der Waals surface area contributed by atoms with Crippen LogP contribution in [0.15, 0.2) is 47.6 Å². The summed E-state index contributed by atoms with van der Waals surface area (Å²) in [4.78, 5) is 29.9. The quantitative estimate of drug-likeness (QED) is 0.758. The Balaban J connectivity index is 1.42. The van der Waals surface area contributed by atoms with Gasteiger partial charge in [-0.2, -0.15) is 0 Å². The second kappa shape index (κ2) is 9.69. The Hall–Kier alpha value is -2.93. The van der Waals surface area contributed by atoms with Crippen LogP contribution in [0.25, 0.3) is 0 Å². The van der Waals surface area contributed by atoms with Gasteiger partial charge in [-0.3, -0.25) is 9.59 Å². The number of aryl methyl sites for hydroxylation is 2. The van der Waals surface area contributed by atoms with Gasteiger partial charge in [-0.15, -0.1) is 11.8 Å². The number of anilines is 2. The van der Waals surface area contributed by atoms with Crippen LogP contribution in [0.1, 0.15) is 27.0 Å². The summed E-state index contributed by atoms with van der Waals surface area (Å²) in [5.74, 6) is 0.869. The lowest BCUT2D eigenvalue weighted by Crippen LogP contribution is -2.49. The topological polar surface area (TPSA) is 61.9 Å². The number of amides is 2. The molecule has 2 aliphatic heterocycles. The van der Waals surface area contributed by atoms with E-state index in [1.807, 2.05) is 24.0 Å². The third-order valence-electron chi connectivity index (χ3n) is 6.09. The molecule has 0 radical (unpaired) electrons. The van der Waals surface area contributed by atoms with E-state index >= 15 is 0 Å². The molecule has 0 unspecified atom stereocenters. The SMILES string of the molecule is Cc1ccc(C(=O)N2CCN(c3cccc(C)c3C)CC2)cc1NC(=O)C1=CSCCO1. The molecule has 32 heavy (non-hydrogen) atoms. The maximum atomic E-state index is 13.2. The van der Waals surface area contributed by atoms with Crippen molar-refractivity contribution in [3.8, 4) is 0 Å². The van der Waals surface area contributed by atoms with E-state index < -0.39 is 0 Å². The summed E-state index contributed by atoms with van der Waals surface area (Å²) in [6.45, 7) is 9.65. The van der Waals surface area contributed by atoms with E-state index in [0.29, 0.717) is 36.7 Å². The molecule has 2 aromatic carbocycles. The summed E-state index contributed by atoms with van der Waals surface area (Å²) in [7, 11) is 0. The van der Waals surface area contributed by atoms with Crippen LogP contribution in [0.3, 0.4) is 0 Å². The molecule has 1 fully saturated rings. The molecule has 6 nitrogen and oxygen atoms in total. The minimum absolute atomic E-state index is 0.00944. The summed E-state index contributed by atoms with van der Waals surface area (Å²) in [5, 5.41) is 4.63. The van der Waals surface area contributed by atoms with Gasteiger partial charge in [0.1, 0.15) is 0 Å². The highest BCUT2D eigenvalue weighted by molar-refractivity contribution is 8.02. The molecular weight excluding hydrogens is 422 g/mol. The fraction of sp³-hybridized carbons (Fsp3) is 0.360. The van der Waals surface area contributed by atoms with Crippen LogP contribution in [0.2, 0.25) is 0 Å². The molecular formula is C25H29N3O3S. The maximum absolute atomic E-state index is 13.2. The minimum atomic E-state index is -0.285. The molecule has 168 valence electrons. The Morgan fingerprint density at radius 2 is 1.78 bits per heavy atom. The zero-order valence-corrected chi connectivity index (χ0v) is 19.6. The van der Waals surface area contributed by atoms with Crippen LogP contribution in [0, 0.1) is 20.8 Å². The van der Waals surface area contributed by atoms with Crippen LogP contribution in [0.4, 0.5) is 11.4 Å². The van der Waals surface area contributed by atoms with Gasteiger partial charge in [-0.1, -0.05) is 18.2 Å². The number of nitrogens with one attached hydrogen (secondary N) is 1. The second-order valence-electron chi connectivity index (χ2n) is 8.18. The Labute approximate surface area is 193 Å². The molecule has 2 aliphatic rings. The van der Waals surface area contributed by atoms with Crippen molar-refractivity contribution in [1.82, 2.24) is 4.90 Å². The normalized spacial score (nSPS) is 16.3. The largest absolute Gasteiger partial charge is 0.487 e.